The molecule has 13 heavy (non-hydrogen) atoms. The normalized spacial score (nSPS) is 12.5. The van der Waals surface area contributed by atoms with E-state index in [1.54, 1.807) is 6.07 Å². The standard InChI is InChI=1S/C9H9BrClNO/c1-5-4-6(2-3-7(5)10)8(11)9(12)13/h2-4,8H,1H3,(H2,12,13). The van der Waals surface area contributed by atoms with Gasteiger partial charge in [0.2, 0.25) is 5.91 Å². The van der Waals surface area contributed by atoms with Gasteiger partial charge >= 0.3 is 0 Å². The van der Waals surface area contributed by atoms with Gasteiger partial charge in [-0.2, -0.15) is 0 Å². The third kappa shape index (κ3) is 2.45. The van der Waals surface area contributed by atoms with E-state index in [1.807, 2.05) is 19.1 Å². The second kappa shape index (κ2) is 4.11. The molecular formula is C9H9BrClNO. The zero-order valence-corrected chi connectivity index (χ0v) is 9.39. The molecule has 0 aromatic heterocycles. The van der Waals surface area contributed by atoms with E-state index in [0.717, 1.165) is 15.6 Å². The van der Waals surface area contributed by atoms with Crippen molar-refractivity contribution in [2.45, 2.75) is 12.3 Å². The van der Waals surface area contributed by atoms with Gasteiger partial charge in [0.05, 0.1) is 0 Å². The van der Waals surface area contributed by atoms with Gasteiger partial charge in [-0.3, -0.25) is 4.79 Å². The lowest BCUT2D eigenvalue weighted by atomic mass is 10.1. The number of primary amides is 1. The Morgan fingerprint density at radius 3 is 2.69 bits per heavy atom. The van der Waals surface area contributed by atoms with Crippen LogP contribution in [0, 0.1) is 6.92 Å². The minimum absolute atomic E-state index is 0.525. The molecule has 0 heterocycles. The van der Waals surface area contributed by atoms with E-state index in [2.05, 4.69) is 15.9 Å². The SMILES string of the molecule is Cc1cc(C(Cl)C(N)=O)ccc1Br. The molecule has 0 saturated carbocycles. The van der Waals surface area contributed by atoms with E-state index < -0.39 is 11.3 Å². The van der Waals surface area contributed by atoms with Gasteiger partial charge in [-0.25, -0.2) is 0 Å². The van der Waals surface area contributed by atoms with Crippen molar-refractivity contribution in [2.75, 3.05) is 0 Å². The van der Waals surface area contributed by atoms with Crippen LogP contribution in [0.3, 0.4) is 0 Å². The highest BCUT2D eigenvalue weighted by molar-refractivity contribution is 9.10. The van der Waals surface area contributed by atoms with E-state index in [-0.39, 0.29) is 0 Å². The molecule has 1 rings (SSSR count). The molecule has 1 aromatic carbocycles. The summed E-state index contributed by atoms with van der Waals surface area (Å²) < 4.78 is 0.990. The van der Waals surface area contributed by atoms with Gasteiger partial charge in [0.25, 0.3) is 0 Å². The van der Waals surface area contributed by atoms with Crippen molar-refractivity contribution in [1.29, 1.82) is 0 Å². The molecule has 4 heteroatoms. The Morgan fingerprint density at radius 2 is 2.23 bits per heavy atom. The van der Waals surface area contributed by atoms with Gasteiger partial charge in [-0.1, -0.05) is 28.1 Å². The first kappa shape index (κ1) is 10.5. The third-order valence-corrected chi connectivity index (χ3v) is 3.08. The molecule has 1 amide bonds. The summed E-state index contributed by atoms with van der Waals surface area (Å²) in [6.07, 6.45) is 0. The predicted octanol–water partition coefficient (Wildman–Crippen LogP) is 2.52. The van der Waals surface area contributed by atoms with Crippen LogP contribution in [0.15, 0.2) is 22.7 Å². The van der Waals surface area contributed by atoms with Crippen molar-refractivity contribution in [3.8, 4) is 0 Å². The van der Waals surface area contributed by atoms with Crippen LogP contribution in [0.1, 0.15) is 16.5 Å². The van der Waals surface area contributed by atoms with Crippen molar-refractivity contribution >= 4 is 33.4 Å². The molecule has 0 bridgehead atoms. The number of carbonyl (C=O) groups excluding carboxylic acids is 1. The summed E-state index contributed by atoms with van der Waals surface area (Å²) in [4.78, 5) is 10.8. The molecule has 70 valence electrons. The third-order valence-electron chi connectivity index (χ3n) is 1.72. The Bertz CT molecular complexity index is 340. The number of carbonyl (C=O) groups is 1. The summed E-state index contributed by atoms with van der Waals surface area (Å²) in [6.45, 7) is 1.93. The smallest absolute Gasteiger partial charge is 0.240 e. The summed E-state index contributed by atoms with van der Waals surface area (Å²) in [7, 11) is 0. The van der Waals surface area contributed by atoms with Crippen molar-refractivity contribution in [1.82, 2.24) is 0 Å². The molecule has 1 aromatic rings. The second-order valence-electron chi connectivity index (χ2n) is 2.77. The monoisotopic (exact) mass is 261 g/mol. The summed E-state index contributed by atoms with van der Waals surface area (Å²) in [5.41, 5.74) is 6.84. The fourth-order valence-corrected chi connectivity index (χ4v) is 1.37. The molecule has 0 aliphatic rings. The Morgan fingerprint density at radius 1 is 1.62 bits per heavy atom. The van der Waals surface area contributed by atoms with Crippen LogP contribution in [0.2, 0.25) is 0 Å². The highest BCUT2D eigenvalue weighted by Crippen LogP contribution is 2.24. The van der Waals surface area contributed by atoms with Crippen molar-refractivity contribution in [2.24, 2.45) is 5.73 Å². The number of aryl methyl sites for hydroxylation is 1. The molecule has 0 spiro atoms. The lowest BCUT2D eigenvalue weighted by Crippen LogP contribution is -2.16. The van der Waals surface area contributed by atoms with Crippen molar-refractivity contribution in [3.63, 3.8) is 0 Å². The van der Waals surface area contributed by atoms with E-state index in [0.29, 0.717) is 0 Å². The Hall–Kier alpha value is -0.540. The number of alkyl halides is 1. The highest BCUT2D eigenvalue weighted by Gasteiger charge is 2.14. The maximum Gasteiger partial charge on any atom is 0.240 e. The number of hydrogen-bond donors (Lipinski definition) is 1. The molecule has 0 saturated heterocycles. The fourth-order valence-electron chi connectivity index (χ4n) is 0.990. The molecular weight excluding hydrogens is 253 g/mol. The second-order valence-corrected chi connectivity index (χ2v) is 4.06. The highest BCUT2D eigenvalue weighted by atomic mass is 79.9. The first-order valence-electron chi connectivity index (χ1n) is 3.72. The van der Waals surface area contributed by atoms with Crippen LogP contribution in [-0.4, -0.2) is 5.91 Å². The van der Waals surface area contributed by atoms with Gasteiger partial charge in [0.1, 0.15) is 5.38 Å². The largest absolute Gasteiger partial charge is 0.368 e. The van der Waals surface area contributed by atoms with Gasteiger partial charge in [0, 0.05) is 4.47 Å². The number of nitrogens with two attached hydrogens (primary N) is 1. The Kier molecular flexibility index (Phi) is 3.33. The number of benzene rings is 1. The topological polar surface area (TPSA) is 43.1 Å². The average molecular weight is 263 g/mol. The van der Waals surface area contributed by atoms with Crippen LogP contribution in [0.25, 0.3) is 0 Å². The minimum Gasteiger partial charge on any atom is -0.368 e. The molecule has 1 atom stereocenters. The van der Waals surface area contributed by atoms with Crippen LogP contribution < -0.4 is 5.73 Å². The van der Waals surface area contributed by atoms with Crippen molar-refractivity contribution in [3.05, 3.63) is 33.8 Å². The number of hydrogen-bond acceptors (Lipinski definition) is 1. The van der Waals surface area contributed by atoms with Gasteiger partial charge in [-0.05, 0) is 24.1 Å². The number of halogens is 2. The lowest BCUT2D eigenvalue weighted by Gasteiger charge is -2.07. The zero-order chi connectivity index (χ0) is 10.0. The lowest BCUT2D eigenvalue weighted by molar-refractivity contribution is -0.117. The zero-order valence-electron chi connectivity index (χ0n) is 7.05. The summed E-state index contributed by atoms with van der Waals surface area (Å²) in [5.74, 6) is -0.525. The van der Waals surface area contributed by atoms with E-state index in [1.165, 1.54) is 0 Å². The molecule has 0 aliphatic heterocycles. The minimum atomic E-state index is -0.744. The summed E-state index contributed by atoms with van der Waals surface area (Å²) in [6, 6.07) is 5.47. The van der Waals surface area contributed by atoms with E-state index >= 15 is 0 Å². The van der Waals surface area contributed by atoms with Gasteiger partial charge in [-0.15, -0.1) is 11.6 Å². The number of rotatable bonds is 2. The maximum absolute atomic E-state index is 10.8. The van der Waals surface area contributed by atoms with Gasteiger partial charge in [0.15, 0.2) is 0 Å². The Labute approximate surface area is 90.2 Å². The van der Waals surface area contributed by atoms with E-state index in [4.69, 9.17) is 17.3 Å². The quantitative estimate of drug-likeness (QED) is 0.818. The van der Waals surface area contributed by atoms with Crippen LogP contribution in [0.5, 0.6) is 0 Å². The molecule has 2 nitrogen and oxygen atoms in total. The fraction of sp³-hybridized carbons (Fsp3) is 0.222. The maximum atomic E-state index is 10.8. The first-order valence-corrected chi connectivity index (χ1v) is 4.94. The predicted molar refractivity (Wildman–Crippen MR) is 56.7 cm³/mol. The molecule has 0 fully saturated rings. The molecule has 1 unspecified atom stereocenters. The van der Waals surface area contributed by atoms with Crippen LogP contribution in [-0.2, 0) is 4.79 Å². The number of amides is 1. The van der Waals surface area contributed by atoms with Gasteiger partial charge < -0.3 is 5.73 Å². The molecule has 2 N–H and O–H groups in total. The van der Waals surface area contributed by atoms with Crippen molar-refractivity contribution < 1.29 is 4.79 Å². The average Bonchev–Trinajstić information content (AvgIpc) is 2.08. The van der Waals surface area contributed by atoms with E-state index in [9.17, 15) is 4.79 Å². The van der Waals surface area contributed by atoms with Crippen LogP contribution in [0.4, 0.5) is 0 Å². The summed E-state index contributed by atoms with van der Waals surface area (Å²) in [5, 5.41) is -0.744. The van der Waals surface area contributed by atoms with Crippen LogP contribution >= 0.6 is 27.5 Å². The Balaban J connectivity index is 3.03. The summed E-state index contributed by atoms with van der Waals surface area (Å²) >= 11 is 9.13. The molecule has 0 radical (unpaired) electrons. The molecule has 0 aliphatic carbocycles. The first-order chi connectivity index (χ1) is 6.02.